The Morgan fingerprint density at radius 3 is 2.42 bits per heavy atom. The Labute approximate surface area is 158 Å². The molecule has 1 aliphatic carbocycles. The van der Waals surface area contributed by atoms with Crippen LogP contribution in [0, 0.1) is 12.8 Å². The number of aryl methyl sites for hydroxylation is 1. The molecule has 2 amide bonds. The fourth-order valence-corrected chi connectivity index (χ4v) is 3.68. The van der Waals surface area contributed by atoms with Crippen LogP contribution in [-0.2, 0) is 9.59 Å². The molecule has 26 heavy (non-hydrogen) atoms. The molecule has 0 saturated heterocycles. The van der Waals surface area contributed by atoms with Gasteiger partial charge in [0.05, 0.1) is 5.25 Å². The van der Waals surface area contributed by atoms with E-state index in [1.54, 1.807) is 0 Å². The first kappa shape index (κ1) is 18.5. The van der Waals surface area contributed by atoms with E-state index in [0.717, 1.165) is 41.1 Å². The van der Waals surface area contributed by atoms with Gasteiger partial charge < -0.3 is 10.6 Å². The third-order valence-corrected chi connectivity index (χ3v) is 5.63. The Bertz CT molecular complexity index is 802. The topological polar surface area (TPSA) is 58.2 Å². The molecule has 0 aromatic heterocycles. The van der Waals surface area contributed by atoms with E-state index in [4.69, 9.17) is 0 Å². The molecule has 1 atom stereocenters. The largest absolute Gasteiger partial charge is 0.326 e. The average Bonchev–Trinajstić information content (AvgIpc) is 3.45. The Morgan fingerprint density at radius 2 is 1.77 bits per heavy atom. The van der Waals surface area contributed by atoms with E-state index in [1.807, 2.05) is 62.4 Å². The van der Waals surface area contributed by atoms with Crippen LogP contribution in [0.15, 0.2) is 53.4 Å². The number of amides is 2. The van der Waals surface area contributed by atoms with E-state index in [1.165, 1.54) is 11.8 Å². The highest BCUT2D eigenvalue weighted by atomic mass is 32.2. The summed E-state index contributed by atoms with van der Waals surface area (Å²) in [5, 5.41) is 5.76. The Kier molecular flexibility index (Phi) is 5.99. The fourth-order valence-electron chi connectivity index (χ4n) is 2.67. The van der Waals surface area contributed by atoms with Crippen LogP contribution in [0.4, 0.5) is 11.4 Å². The minimum absolute atomic E-state index is 0.00415. The number of nitrogens with one attached hydrogen (secondary N) is 2. The molecule has 0 aliphatic heterocycles. The predicted octanol–water partition coefficient (Wildman–Crippen LogP) is 4.85. The summed E-state index contributed by atoms with van der Waals surface area (Å²) in [7, 11) is 0. The average molecular weight is 369 g/mol. The number of carbonyl (C=O) groups is 2. The molecule has 4 nitrogen and oxygen atoms in total. The number of rotatable bonds is 7. The van der Waals surface area contributed by atoms with Crippen molar-refractivity contribution in [3.63, 3.8) is 0 Å². The lowest BCUT2D eigenvalue weighted by molar-refractivity contribution is -0.117. The molecule has 1 fully saturated rings. The van der Waals surface area contributed by atoms with Gasteiger partial charge >= 0.3 is 0 Å². The van der Waals surface area contributed by atoms with E-state index >= 15 is 0 Å². The third-order valence-electron chi connectivity index (χ3n) is 4.28. The molecule has 2 aromatic carbocycles. The van der Waals surface area contributed by atoms with Crippen LogP contribution < -0.4 is 10.6 Å². The third kappa shape index (κ3) is 5.11. The lowest BCUT2D eigenvalue weighted by Crippen LogP contribution is -2.24. The summed E-state index contributed by atoms with van der Waals surface area (Å²) in [5.41, 5.74) is 2.72. The second-order valence-electron chi connectivity index (χ2n) is 6.66. The summed E-state index contributed by atoms with van der Waals surface area (Å²) in [5.74, 6) is 0.265. The van der Waals surface area contributed by atoms with Crippen molar-refractivity contribution >= 4 is 35.0 Å². The van der Waals surface area contributed by atoms with Gasteiger partial charge in [0.1, 0.15) is 0 Å². The van der Waals surface area contributed by atoms with Crippen molar-refractivity contribution in [1.29, 1.82) is 0 Å². The summed E-state index contributed by atoms with van der Waals surface area (Å²) in [6.45, 7) is 4.01. The second-order valence-corrected chi connectivity index (χ2v) is 7.94. The molecule has 0 heterocycles. The van der Waals surface area contributed by atoms with E-state index < -0.39 is 0 Å². The van der Waals surface area contributed by atoms with Gasteiger partial charge in [0.2, 0.25) is 11.8 Å². The summed E-state index contributed by atoms with van der Waals surface area (Å²) in [4.78, 5) is 25.5. The van der Waals surface area contributed by atoms with Crippen LogP contribution in [0.5, 0.6) is 0 Å². The summed E-state index contributed by atoms with van der Waals surface area (Å²) >= 11 is 1.52. The van der Waals surface area contributed by atoms with Crippen LogP contribution in [0.3, 0.4) is 0 Å². The quantitative estimate of drug-likeness (QED) is 0.687. The van der Waals surface area contributed by atoms with Crippen molar-refractivity contribution < 1.29 is 9.59 Å². The van der Waals surface area contributed by atoms with Crippen molar-refractivity contribution in [3.05, 3.63) is 54.1 Å². The molecule has 1 saturated carbocycles. The normalized spacial score (nSPS) is 14.5. The van der Waals surface area contributed by atoms with Gasteiger partial charge in [-0.15, -0.1) is 11.8 Å². The predicted molar refractivity (Wildman–Crippen MR) is 108 cm³/mol. The van der Waals surface area contributed by atoms with Gasteiger partial charge in [0.25, 0.3) is 0 Å². The van der Waals surface area contributed by atoms with E-state index in [2.05, 4.69) is 10.6 Å². The zero-order valence-electron chi connectivity index (χ0n) is 15.1. The monoisotopic (exact) mass is 368 g/mol. The van der Waals surface area contributed by atoms with E-state index in [-0.39, 0.29) is 23.0 Å². The second kappa shape index (κ2) is 8.41. The van der Waals surface area contributed by atoms with Crippen molar-refractivity contribution in [2.75, 3.05) is 10.6 Å². The molecule has 2 aromatic rings. The first-order valence-corrected chi connectivity index (χ1v) is 9.88. The van der Waals surface area contributed by atoms with Crippen LogP contribution in [-0.4, -0.2) is 17.1 Å². The minimum Gasteiger partial charge on any atom is -0.326 e. The standard InChI is InChI=1S/C21H24N2O2S/c1-3-19(21(25)23-16-7-4-6-14(2)12-16)26-18-9-5-8-17(13-18)22-20(24)15-10-11-15/h4-9,12-13,15,19H,3,10-11H2,1-2H3,(H,22,24)(H,23,25). The lowest BCUT2D eigenvalue weighted by Gasteiger charge is -2.15. The molecule has 0 bridgehead atoms. The Hall–Kier alpha value is -2.27. The van der Waals surface area contributed by atoms with Crippen molar-refractivity contribution in [2.24, 2.45) is 5.92 Å². The summed E-state index contributed by atoms with van der Waals surface area (Å²) in [6, 6.07) is 15.5. The molecule has 0 radical (unpaired) electrons. The smallest absolute Gasteiger partial charge is 0.237 e. The minimum atomic E-state index is -0.190. The van der Waals surface area contributed by atoms with E-state index in [0.29, 0.717) is 0 Å². The van der Waals surface area contributed by atoms with Crippen LogP contribution >= 0.6 is 11.8 Å². The van der Waals surface area contributed by atoms with Gasteiger partial charge in [-0.2, -0.15) is 0 Å². The van der Waals surface area contributed by atoms with Crippen molar-refractivity contribution in [3.8, 4) is 0 Å². The first-order chi connectivity index (χ1) is 12.5. The maximum absolute atomic E-state index is 12.6. The van der Waals surface area contributed by atoms with Crippen LogP contribution in [0.2, 0.25) is 0 Å². The fraction of sp³-hybridized carbons (Fsp3) is 0.333. The molecule has 0 spiro atoms. The van der Waals surface area contributed by atoms with Gasteiger partial charge in [-0.05, 0) is 62.1 Å². The van der Waals surface area contributed by atoms with Gasteiger partial charge in [0.15, 0.2) is 0 Å². The highest BCUT2D eigenvalue weighted by Gasteiger charge is 2.29. The van der Waals surface area contributed by atoms with Crippen molar-refractivity contribution in [1.82, 2.24) is 0 Å². The van der Waals surface area contributed by atoms with E-state index in [9.17, 15) is 9.59 Å². The maximum atomic E-state index is 12.6. The Balaban J connectivity index is 1.63. The molecular weight excluding hydrogens is 344 g/mol. The lowest BCUT2D eigenvalue weighted by atomic mass is 10.2. The van der Waals surface area contributed by atoms with Crippen LogP contribution in [0.1, 0.15) is 31.7 Å². The number of benzene rings is 2. The molecule has 3 rings (SSSR count). The first-order valence-electron chi connectivity index (χ1n) is 9.00. The highest BCUT2D eigenvalue weighted by Crippen LogP contribution is 2.32. The molecule has 136 valence electrons. The zero-order chi connectivity index (χ0) is 18.5. The zero-order valence-corrected chi connectivity index (χ0v) is 15.9. The number of hydrogen-bond donors (Lipinski definition) is 2. The van der Waals surface area contributed by atoms with Gasteiger partial charge in [-0.1, -0.05) is 25.1 Å². The van der Waals surface area contributed by atoms with Crippen LogP contribution in [0.25, 0.3) is 0 Å². The van der Waals surface area contributed by atoms with Gasteiger partial charge in [-0.3, -0.25) is 9.59 Å². The number of hydrogen-bond acceptors (Lipinski definition) is 3. The number of thioether (sulfide) groups is 1. The van der Waals surface area contributed by atoms with Gasteiger partial charge in [-0.25, -0.2) is 0 Å². The maximum Gasteiger partial charge on any atom is 0.237 e. The molecular formula is C21H24N2O2S. The molecule has 2 N–H and O–H groups in total. The molecule has 1 unspecified atom stereocenters. The SMILES string of the molecule is CCC(Sc1cccc(NC(=O)C2CC2)c1)C(=O)Nc1cccc(C)c1. The summed E-state index contributed by atoms with van der Waals surface area (Å²) in [6.07, 6.45) is 2.69. The van der Waals surface area contributed by atoms with Crippen molar-refractivity contribution in [2.45, 2.75) is 43.3 Å². The van der Waals surface area contributed by atoms with Gasteiger partial charge in [0, 0.05) is 22.2 Å². The molecule has 1 aliphatic rings. The number of carbonyl (C=O) groups excluding carboxylic acids is 2. The summed E-state index contributed by atoms with van der Waals surface area (Å²) < 4.78 is 0. The molecule has 5 heteroatoms. The number of anilines is 2. The highest BCUT2D eigenvalue weighted by molar-refractivity contribution is 8.00. The Morgan fingerprint density at radius 1 is 1.08 bits per heavy atom.